The van der Waals surface area contributed by atoms with Gasteiger partial charge in [-0.1, -0.05) is 84.5 Å². The zero-order valence-corrected chi connectivity index (χ0v) is 13.1. The van der Waals surface area contributed by atoms with E-state index in [-0.39, 0.29) is 0 Å². The molecular formula is C17H37N. The molecule has 1 unspecified atom stereocenters. The Labute approximate surface area is 116 Å². The van der Waals surface area contributed by atoms with Gasteiger partial charge in [-0.05, 0) is 25.3 Å². The fourth-order valence-corrected chi connectivity index (χ4v) is 2.71. The molecule has 0 heterocycles. The lowest BCUT2D eigenvalue weighted by molar-refractivity contribution is 0.427. The summed E-state index contributed by atoms with van der Waals surface area (Å²) in [6, 6.07) is 0. The minimum Gasteiger partial charge on any atom is -0.330 e. The molecule has 0 aliphatic rings. The molecule has 1 atom stereocenters. The normalized spacial score (nSPS) is 12.8. The van der Waals surface area contributed by atoms with Gasteiger partial charge in [-0.2, -0.15) is 0 Å². The molecule has 0 saturated carbocycles. The minimum absolute atomic E-state index is 0.795. The molecule has 0 aromatic heterocycles. The van der Waals surface area contributed by atoms with E-state index in [0.717, 1.165) is 12.5 Å². The fraction of sp³-hybridized carbons (Fsp3) is 1.00. The lowest BCUT2D eigenvalue weighted by Crippen LogP contribution is -2.13. The highest BCUT2D eigenvalue weighted by Crippen LogP contribution is 2.16. The Morgan fingerprint density at radius 3 is 1.56 bits per heavy atom. The highest BCUT2D eigenvalue weighted by molar-refractivity contribution is 4.59. The van der Waals surface area contributed by atoms with E-state index in [1.54, 1.807) is 0 Å². The van der Waals surface area contributed by atoms with Gasteiger partial charge in [-0.3, -0.25) is 0 Å². The smallest absolute Gasteiger partial charge is 0.00489 e. The number of hydrogen-bond donors (Lipinski definition) is 1. The number of hydrogen-bond acceptors (Lipinski definition) is 1. The van der Waals surface area contributed by atoms with E-state index in [1.807, 2.05) is 0 Å². The third-order valence-corrected chi connectivity index (χ3v) is 4.00. The SMILES string of the molecule is CCCCCCCCCCCCC(CN)CCC. The molecule has 0 bridgehead atoms. The van der Waals surface area contributed by atoms with E-state index in [0.29, 0.717) is 0 Å². The molecule has 0 aliphatic carbocycles. The van der Waals surface area contributed by atoms with Crippen LogP contribution in [0.25, 0.3) is 0 Å². The summed E-state index contributed by atoms with van der Waals surface area (Å²) < 4.78 is 0. The van der Waals surface area contributed by atoms with E-state index in [9.17, 15) is 0 Å². The van der Waals surface area contributed by atoms with E-state index in [1.165, 1.54) is 83.5 Å². The Morgan fingerprint density at radius 1 is 0.611 bits per heavy atom. The van der Waals surface area contributed by atoms with E-state index in [4.69, 9.17) is 5.73 Å². The molecule has 0 spiro atoms. The predicted octanol–water partition coefficient (Wildman–Crippen LogP) is 5.67. The maximum atomic E-state index is 5.78. The van der Waals surface area contributed by atoms with E-state index >= 15 is 0 Å². The standard InChI is InChI=1S/C17H37N/c1-3-5-6-7-8-9-10-11-12-13-15-17(16-18)14-4-2/h17H,3-16,18H2,1-2H3. The first kappa shape index (κ1) is 18.0. The Kier molecular flexibility index (Phi) is 15.0. The van der Waals surface area contributed by atoms with Crippen molar-refractivity contribution in [3.63, 3.8) is 0 Å². The van der Waals surface area contributed by atoms with E-state index < -0.39 is 0 Å². The average Bonchev–Trinajstić information content (AvgIpc) is 2.39. The summed E-state index contributed by atoms with van der Waals surface area (Å²) in [6.07, 6.45) is 18.3. The fourth-order valence-electron chi connectivity index (χ4n) is 2.71. The van der Waals surface area contributed by atoms with Crippen molar-refractivity contribution in [1.82, 2.24) is 0 Å². The van der Waals surface area contributed by atoms with Crippen LogP contribution in [0.4, 0.5) is 0 Å². The lowest BCUT2D eigenvalue weighted by atomic mass is 9.96. The van der Waals surface area contributed by atoms with Crippen molar-refractivity contribution in [2.75, 3.05) is 6.54 Å². The first-order valence-electron chi connectivity index (χ1n) is 8.55. The summed E-state index contributed by atoms with van der Waals surface area (Å²) in [5.74, 6) is 0.795. The largest absolute Gasteiger partial charge is 0.330 e. The van der Waals surface area contributed by atoms with Crippen LogP contribution in [0.5, 0.6) is 0 Å². The van der Waals surface area contributed by atoms with E-state index in [2.05, 4.69) is 13.8 Å². The molecule has 0 aromatic rings. The molecule has 18 heavy (non-hydrogen) atoms. The van der Waals surface area contributed by atoms with Crippen molar-refractivity contribution in [2.45, 2.75) is 97.3 Å². The molecule has 0 aromatic carbocycles. The van der Waals surface area contributed by atoms with Crippen LogP contribution in [0, 0.1) is 5.92 Å². The average molecular weight is 255 g/mol. The van der Waals surface area contributed by atoms with Crippen LogP contribution < -0.4 is 5.73 Å². The molecule has 1 nitrogen and oxygen atoms in total. The predicted molar refractivity (Wildman–Crippen MR) is 83.9 cm³/mol. The highest BCUT2D eigenvalue weighted by Gasteiger charge is 2.04. The van der Waals surface area contributed by atoms with Crippen molar-refractivity contribution in [3.8, 4) is 0 Å². The molecule has 1 heteroatoms. The van der Waals surface area contributed by atoms with Gasteiger partial charge in [0, 0.05) is 0 Å². The number of nitrogens with two attached hydrogens (primary N) is 1. The van der Waals surface area contributed by atoms with Crippen molar-refractivity contribution in [2.24, 2.45) is 11.7 Å². The quantitative estimate of drug-likeness (QED) is 0.397. The maximum absolute atomic E-state index is 5.78. The van der Waals surface area contributed by atoms with Crippen molar-refractivity contribution < 1.29 is 0 Å². The molecule has 0 rings (SSSR count). The third-order valence-electron chi connectivity index (χ3n) is 4.00. The maximum Gasteiger partial charge on any atom is -0.00489 e. The van der Waals surface area contributed by atoms with Gasteiger partial charge in [0.1, 0.15) is 0 Å². The van der Waals surface area contributed by atoms with Crippen LogP contribution in [-0.2, 0) is 0 Å². The highest BCUT2D eigenvalue weighted by atomic mass is 14.5. The molecular weight excluding hydrogens is 218 g/mol. The van der Waals surface area contributed by atoms with Crippen LogP contribution >= 0.6 is 0 Å². The molecule has 2 N–H and O–H groups in total. The van der Waals surface area contributed by atoms with Gasteiger partial charge in [0.05, 0.1) is 0 Å². The zero-order chi connectivity index (χ0) is 13.5. The molecule has 0 fully saturated rings. The first-order chi connectivity index (χ1) is 8.85. The van der Waals surface area contributed by atoms with Crippen molar-refractivity contribution in [3.05, 3.63) is 0 Å². The van der Waals surface area contributed by atoms with Crippen LogP contribution in [0.2, 0.25) is 0 Å². The molecule has 0 amide bonds. The Hall–Kier alpha value is -0.0400. The van der Waals surface area contributed by atoms with Crippen LogP contribution in [0.3, 0.4) is 0 Å². The summed E-state index contributed by atoms with van der Waals surface area (Å²) >= 11 is 0. The van der Waals surface area contributed by atoms with Gasteiger partial charge in [0.15, 0.2) is 0 Å². The Bertz CT molecular complexity index is 145. The minimum atomic E-state index is 0.795. The van der Waals surface area contributed by atoms with Crippen LogP contribution in [-0.4, -0.2) is 6.54 Å². The summed E-state index contributed by atoms with van der Waals surface area (Å²) in [7, 11) is 0. The molecule has 0 radical (unpaired) electrons. The van der Waals surface area contributed by atoms with Gasteiger partial charge in [-0.25, -0.2) is 0 Å². The summed E-state index contributed by atoms with van der Waals surface area (Å²) in [4.78, 5) is 0. The Balaban J connectivity index is 3.10. The second-order valence-electron chi connectivity index (χ2n) is 5.86. The molecule has 110 valence electrons. The lowest BCUT2D eigenvalue weighted by Gasteiger charge is -2.12. The molecule has 0 aliphatic heterocycles. The second kappa shape index (κ2) is 15.0. The summed E-state index contributed by atoms with van der Waals surface area (Å²) in [6.45, 7) is 5.44. The van der Waals surface area contributed by atoms with Gasteiger partial charge in [-0.15, -0.1) is 0 Å². The number of unbranched alkanes of at least 4 members (excludes halogenated alkanes) is 9. The zero-order valence-electron chi connectivity index (χ0n) is 13.1. The Morgan fingerprint density at radius 2 is 1.11 bits per heavy atom. The van der Waals surface area contributed by atoms with Crippen molar-refractivity contribution in [1.29, 1.82) is 0 Å². The van der Waals surface area contributed by atoms with Gasteiger partial charge in [0.25, 0.3) is 0 Å². The van der Waals surface area contributed by atoms with Crippen molar-refractivity contribution >= 4 is 0 Å². The monoisotopic (exact) mass is 255 g/mol. The molecule has 0 saturated heterocycles. The number of rotatable bonds is 14. The second-order valence-corrected chi connectivity index (χ2v) is 5.86. The summed E-state index contributed by atoms with van der Waals surface area (Å²) in [5, 5.41) is 0. The summed E-state index contributed by atoms with van der Waals surface area (Å²) in [5.41, 5.74) is 5.78. The van der Waals surface area contributed by atoms with Gasteiger partial charge in [0.2, 0.25) is 0 Å². The van der Waals surface area contributed by atoms with Crippen LogP contribution in [0.1, 0.15) is 97.3 Å². The third kappa shape index (κ3) is 12.4. The van der Waals surface area contributed by atoms with Gasteiger partial charge >= 0.3 is 0 Å². The van der Waals surface area contributed by atoms with Gasteiger partial charge < -0.3 is 5.73 Å². The first-order valence-corrected chi connectivity index (χ1v) is 8.55. The van der Waals surface area contributed by atoms with Crippen LogP contribution in [0.15, 0.2) is 0 Å². The topological polar surface area (TPSA) is 26.0 Å².